The van der Waals surface area contributed by atoms with Crippen LogP contribution < -0.4 is 10.1 Å². The normalized spacial score (nSPS) is 17.1. The van der Waals surface area contributed by atoms with Gasteiger partial charge in [-0.05, 0) is 43.2 Å². The third kappa shape index (κ3) is 4.34. The number of nitro benzene ring substituents is 1. The second-order valence-electron chi connectivity index (χ2n) is 6.36. The predicted molar refractivity (Wildman–Crippen MR) is 107 cm³/mol. The van der Waals surface area contributed by atoms with E-state index in [1.165, 1.54) is 49.6 Å². The molecule has 11 heteroatoms. The number of halogens is 1. The summed E-state index contributed by atoms with van der Waals surface area (Å²) in [5.74, 6) is -0.426. The molecule has 9 nitrogen and oxygen atoms in total. The number of nitro groups is 1. The number of amides is 1. The number of sulfonamides is 1. The van der Waals surface area contributed by atoms with Crippen molar-refractivity contribution >= 4 is 38.9 Å². The Morgan fingerprint density at radius 3 is 2.59 bits per heavy atom. The van der Waals surface area contributed by atoms with Crippen molar-refractivity contribution in [2.45, 2.75) is 23.8 Å². The molecule has 1 atom stereocenters. The maximum Gasteiger partial charge on any atom is 0.273 e. The van der Waals surface area contributed by atoms with Crippen molar-refractivity contribution in [3.8, 4) is 5.75 Å². The lowest BCUT2D eigenvalue weighted by molar-refractivity contribution is -0.384. The van der Waals surface area contributed by atoms with E-state index in [0.29, 0.717) is 17.9 Å². The van der Waals surface area contributed by atoms with Gasteiger partial charge in [-0.25, -0.2) is 8.42 Å². The first-order valence-corrected chi connectivity index (χ1v) is 10.5. The highest BCUT2D eigenvalue weighted by atomic mass is 35.5. The molecule has 0 spiro atoms. The summed E-state index contributed by atoms with van der Waals surface area (Å²) in [5.41, 5.74) is 0.0338. The van der Waals surface area contributed by atoms with Crippen LogP contribution in [-0.4, -0.2) is 43.2 Å². The first kappa shape index (κ1) is 21.0. The molecule has 1 saturated heterocycles. The molecule has 2 aromatic rings. The number of carbonyl (C=O) groups is 1. The highest BCUT2D eigenvalue weighted by Crippen LogP contribution is 2.31. The molecule has 154 valence electrons. The molecule has 1 N–H and O–H groups in total. The first-order chi connectivity index (χ1) is 13.7. The SMILES string of the molecule is COc1cc([N+](=O)[O-])ccc1NC(=O)C1CCCN1S(=O)(=O)c1ccc(Cl)cc1. The van der Waals surface area contributed by atoms with Crippen molar-refractivity contribution in [3.05, 3.63) is 57.6 Å². The Morgan fingerprint density at radius 2 is 1.97 bits per heavy atom. The molecule has 0 bridgehead atoms. The van der Waals surface area contributed by atoms with Crippen LogP contribution in [0.2, 0.25) is 5.02 Å². The molecule has 1 amide bonds. The maximum atomic E-state index is 13.0. The summed E-state index contributed by atoms with van der Waals surface area (Å²) in [6, 6.07) is 8.59. The molecule has 3 rings (SSSR count). The molecule has 1 heterocycles. The monoisotopic (exact) mass is 439 g/mol. The zero-order valence-electron chi connectivity index (χ0n) is 15.4. The molecular formula is C18H18ClN3O6S. The molecule has 1 unspecified atom stereocenters. The van der Waals surface area contributed by atoms with Gasteiger partial charge in [0.2, 0.25) is 15.9 Å². The Kier molecular flexibility index (Phi) is 6.06. The lowest BCUT2D eigenvalue weighted by Crippen LogP contribution is -2.43. The van der Waals surface area contributed by atoms with Crippen molar-refractivity contribution in [3.63, 3.8) is 0 Å². The Morgan fingerprint density at radius 1 is 1.28 bits per heavy atom. The lowest BCUT2D eigenvalue weighted by atomic mass is 10.2. The van der Waals surface area contributed by atoms with Crippen molar-refractivity contribution in [2.24, 2.45) is 0 Å². The number of rotatable bonds is 6. The molecule has 1 aliphatic rings. The van der Waals surface area contributed by atoms with Crippen molar-refractivity contribution < 1.29 is 22.9 Å². The average Bonchev–Trinajstić information content (AvgIpc) is 3.19. The van der Waals surface area contributed by atoms with Crippen molar-refractivity contribution in [1.29, 1.82) is 0 Å². The van der Waals surface area contributed by atoms with Gasteiger partial charge in [0.1, 0.15) is 11.8 Å². The Hall–Kier alpha value is -2.69. The summed E-state index contributed by atoms with van der Waals surface area (Å²) >= 11 is 5.82. The number of anilines is 1. The zero-order valence-corrected chi connectivity index (χ0v) is 16.9. The molecular weight excluding hydrogens is 422 g/mol. The third-order valence-electron chi connectivity index (χ3n) is 4.58. The first-order valence-electron chi connectivity index (χ1n) is 8.65. The van der Waals surface area contributed by atoms with E-state index in [-0.39, 0.29) is 28.6 Å². The lowest BCUT2D eigenvalue weighted by Gasteiger charge is -2.23. The van der Waals surface area contributed by atoms with Gasteiger partial charge in [0.25, 0.3) is 5.69 Å². The average molecular weight is 440 g/mol. The Bertz CT molecular complexity index is 1040. The second-order valence-corrected chi connectivity index (χ2v) is 8.69. The smallest absolute Gasteiger partial charge is 0.273 e. The summed E-state index contributed by atoms with van der Waals surface area (Å²) in [7, 11) is -2.56. The highest BCUT2D eigenvalue weighted by Gasteiger charge is 2.39. The van der Waals surface area contributed by atoms with Crippen LogP contribution in [0.3, 0.4) is 0 Å². The fourth-order valence-electron chi connectivity index (χ4n) is 3.14. The number of nitrogens with zero attached hydrogens (tertiary/aromatic N) is 2. The van der Waals surface area contributed by atoms with Crippen molar-refractivity contribution in [1.82, 2.24) is 4.31 Å². The molecule has 0 saturated carbocycles. The molecule has 2 aromatic carbocycles. The molecule has 29 heavy (non-hydrogen) atoms. The van der Waals surface area contributed by atoms with Gasteiger partial charge in [0.05, 0.1) is 28.7 Å². The third-order valence-corrected chi connectivity index (χ3v) is 6.75. The fourth-order valence-corrected chi connectivity index (χ4v) is 4.93. The van der Waals surface area contributed by atoms with E-state index in [9.17, 15) is 23.3 Å². The van der Waals surface area contributed by atoms with Gasteiger partial charge >= 0.3 is 0 Å². The zero-order chi connectivity index (χ0) is 21.2. The number of ether oxygens (including phenoxy) is 1. The highest BCUT2D eigenvalue weighted by molar-refractivity contribution is 7.89. The summed E-state index contributed by atoms with van der Waals surface area (Å²) in [6.45, 7) is 0.209. The van der Waals surface area contributed by atoms with Crippen LogP contribution in [0.1, 0.15) is 12.8 Å². The quantitative estimate of drug-likeness (QED) is 0.545. The fraction of sp³-hybridized carbons (Fsp3) is 0.278. The van der Waals surface area contributed by atoms with E-state index >= 15 is 0 Å². The molecule has 1 aliphatic heterocycles. The van der Waals surface area contributed by atoms with Crippen LogP contribution in [0, 0.1) is 10.1 Å². The Balaban J connectivity index is 1.84. The summed E-state index contributed by atoms with van der Waals surface area (Å²) in [6.07, 6.45) is 0.885. The van der Waals surface area contributed by atoms with Gasteiger partial charge in [0, 0.05) is 17.6 Å². The minimum Gasteiger partial charge on any atom is -0.494 e. The van der Waals surface area contributed by atoms with Gasteiger partial charge < -0.3 is 10.1 Å². The van der Waals surface area contributed by atoms with Gasteiger partial charge in [-0.3, -0.25) is 14.9 Å². The minimum absolute atomic E-state index is 0.0505. The largest absolute Gasteiger partial charge is 0.494 e. The van der Waals surface area contributed by atoms with E-state index in [0.717, 1.165) is 4.31 Å². The molecule has 0 radical (unpaired) electrons. The number of methoxy groups -OCH3 is 1. The van der Waals surface area contributed by atoms with Gasteiger partial charge in [-0.15, -0.1) is 0 Å². The Labute approximate surface area is 172 Å². The summed E-state index contributed by atoms with van der Waals surface area (Å²) < 4.78 is 32.2. The van der Waals surface area contributed by atoms with E-state index < -0.39 is 26.9 Å². The number of nitrogens with one attached hydrogen (secondary N) is 1. The topological polar surface area (TPSA) is 119 Å². The van der Waals surface area contributed by atoms with E-state index in [1.807, 2.05) is 0 Å². The number of hydrogen-bond acceptors (Lipinski definition) is 6. The van der Waals surface area contributed by atoms with Crippen LogP contribution in [0.4, 0.5) is 11.4 Å². The van der Waals surface area contributed by atoms with Gasteiger partial charge in [-0.2, -0.15) is 4.31 Å². The van der Waals surface area contributed by atoms with Gasteiger partial charge in [0.15, 0.2) is 0 Å². The predicted octanol–water partition coefficient (Wildman–Crippen LogP) is 3.05. The number of benzene rings is 2. The van der Waals surface area contributed by atoms with Crippen molar-refractivity contribution in [2.75, 3.05) is 19.0 Å². The number of hydrogen-bond donors (Lipinski definition) is 1. The molecule has 1 fully saturated rings. The summed E-state index contributed by atoms with van der Waals surface area (Å²) in [4.78, 5) is 23.2. The van der Waals surface area contributed by atoms with E-state index in [2.05, 4.69) is 5.32 Å². The van der Waals surface area contributed by atoms with Crippen LogP contribution in [-0.2, 0) is 14.8 Å². The van der Waals surface area contributed by atoms with Gasteiger partial charge in [-0.1, -0.05) is 11.6 Å². The van der Waals surface area contributed by atoms with Crippen LogP contribution in [0.15, 0.2) is 47.4 Å². The maximum absolute atomic E-state index is 13.0. The number of non-ortho nitro benzene ring substituents is 1. The van der Waals surface area contributed by atoms with Crippen LogP contribution in [0.5, 0.6) is 5.75 Å². The minimum atomic E-state index is -3.88. The molecule has 0 aliphatic carbocycles. The standard InChI is InChI=1S/C18H18ClN3O6S/c1-28-17-11-13(22(24)25)6-9-15(17)20-18(23)16-3-2-10-21(16)29(26,27)14-7-4-12(19)5-8-14/h4-9,11,16H,2-3,10H2,1H3,(H,20,23). The van der Waals surface area contributed by atoms with Crippen LogP contribution >= 0.6 is 11.6 Å². The second kappa shape index (κ2) is 8.36. The summed E-state index contributed by atoms with van der Waals surface area (Å²) in [5, 5.41) is 13.9. The van der Waals surface area contributed by atoms with Crippen LogP contribution in [0.25, 0.3) is 0 Å². The van der Waals surface area contributed by atoms with E-state index in [4.69, 9.17) is 16.3 Å². The molecule has 0 aromatic heterocycles. The number of carbonyl (C=O) groups excluding carboxylic acids is 1. The van der Waals surface area contributed by atoms with E-state index in [1.54, 1.807) is 0 Å².